The average Bonchev–Trinajstić information content (AvgIpc) is 2.57. The molecule has 1 atom stereocenters. The Labute approximate surface area is 146 Å². The van der Waals surface area contributed by atoms with Crippen LogP contribution in [0, 0.1) is 11.7 Å². The monoisotopic (exact) mass is 346 g/mol. The highest BCUT2D eigenvalue weighted by Crippen LogP contribution is 2.21. The smallest absolute Gasteiger partial charge is 0.228 e. The number of benzene rings is 2. The maximum absolute atomic E-state index is 13.0. The quantitative estimate of drug-likeness (QED) is 0.893. The van der Waals surface area contributed by atoms with E-state index < -0.39 is 0 Å². The van der Waals surface area contributed by atoms with Gasteiger partial charge in [-0.3, -0.25) is 9.69 Å². The van der Waals surface area contributed by atoms with Crippen molar-refractivity contribution >= 4 is 23.2 Å². The van der Waals surface area contributed by atoms with Gasteiger partial charge in [-0.05, 0) is 55.3 Å². The van der Waals surface area contributed by atoms with E-state index in [2.05, 4.69) is 10.2 Å². The van der Waals surface area contributed by atoms with Gasteiger partial charge in [-0.2, -0.15) is 0 Å². The lowest BCUT2D eigenvalue weighted by molar-refractivity contribution is -0.121. The predicted molar refractivity (Wildman–Crippen MR) is 94.5 cm³/mol. The van der Waals surface area contributed by atoms with Crippen LogP contribution in [0.1, 0.15) is 18.4 Å². The zero-order valence-corrected chi connectivity index (χ0v) is 14.1. The molecule has 5 heteroatoms. The van der Waals surface area contributed by atoms with Crippen molar-refractivity contribution in [3.8, 4) is 0 Å². The molecule has 0 bridgehead atoms. The molecule has 1 saturated heterocycles. The lowest BCUT2D eigenvalue weighted by Crippen LogP contribution is -2.40. The van der Waals surface area contributed by atoms with Gasteiger partial charge in [0.05, 0.1) is 5.92 Å². The molecule has 0 spiro atoms. The first-order valence-electron chi connectivity index (χ1n) is 8.13. The van der Waals surface area contributed by atoms with Crippen LogP contribution >= 0.6 is 11.6 Å². The van der Waals surface area contributed by atoms with E-state index in [4.69, 9.17) is 11.6 Å². The molecule has 2 aromatic rings. The third-order valence-corrected chi connectivity index (χ3v) is 4.52. The van der Waals surface area contributed by atoms with Gasteiger partial charge in [-0.1, -0.05) is 29.8 Å². The fourth-order valence-electron chi connectivity index (χ4n) is 3.07. The lowest BCUT2D eigenvalue weighted by Gasteiger charge is -2.32. The zero-order valence-electron chi connectivity index (χ0n) is 13.3. The largest absolute Gasteiger partial charge is 0.326 e. The van der Waals surface area contributed by atoms with Crippen molar-refractivity contribution in [2.24, 2.45) is 5.92 Å². The number of rotatable bonds is 4. The Morgan fingerprint density at radius 2 is 2.04 bits per heavy atom. The second kappa shape index (κ2) is 7.77. The second-order valence-electron chi connectivity index (χ2n) is 6.20. The van der Waals surface area contributed by atoms with Crippen LogP contribution in [0.5, 0.6) is 0 Å². The summed E-state index contributed by atoms with van der Waals surface area (Å²) in [4.78, 5) is 14.7. The van der Waals surface area contributed by atoms with Crippen LogP contribution in [0.2, 0.25) is 5.02 Å². The summed E-state index contributed by atoms with van der Waals surface area (Å²) in [5, 5.41) is 3.55. The van der Waals surface area contributed by atoms with Crippen LogP contribution in [-0.4, -0.2) is 23.9 Å². The van der Waals surface area contributed by atoms with E-state index in [0.29, 0.717) is 11.6 Å². The van der Waals surface area contributed by atoms with Gasteiger partial charge in [0.25, 0.3) is 0 Å². The molecule has 1 heterocycles. The summed E-state index contributed by atoms with van der Waals surface area (Å²) in [5.41, 5.74) is 1.79. The number of carbonyl (C=O) groups excluding carboxylic acids is 1. The number of nitrogens with one attached hydrogen (secondary N) is 1. The van der Waals surface area contributed by atoms with E-state index in [-0.39, 0.29) is 17.6 Å². The fraction of sp³-hybridized carbons (Fsp3) is 0.316. The Bertz CT molecular complexity index is 705. The van der Waals surface area contributed by atoms with Crippen molar-refractivity contribution in [2.45, 2.75) is 19.4 Å². The normalized spacial score (nSPS) is 18.3. The molecular weight excluding hydrogens is 327 g/mol. The van der Waals surface area contributed by atoms with Crippen molar-refractivity contribution < 1.29 is 9.18 Å². The molecule has 1 fully saturated rings. The summed E-state index contributed by atoms with van der Waals surface area (Å²) in [7, 11) is 0. The Hall–Kier alpha value is -1.91. The van der Waals surface area contributed by atoms with E-state index in [1.165, 1.54) is 12.1 Å². The minimum Gasteiger partial charge on any atom is -0.326 e. The van der Waals surface area contributed by atoms with Crippen molar-refractivity contribution in [1.29, 1.82) is 0 Å². The first kappa shape index (κ1) is 16.9. The first-order chi connectivity index (χ1) is 11.6. The van der Waals surface area contributed by atoms with Crippen molar-refractivity contribution in [3.63, 3.8) is 0 Å². The molecular formula is C19H20ClFN2O. The lowest BCUT2D eigenvalue weighted by atomic mass is 9.96. The first-order valence-corrected chi connectivity index (χ1v) is 8.51. The summed E-state index contributed by atoms with van der Waals surface area (Å²) >= 11 is 5.95. The third-order valence-electron chi connectivity index (χ3n) is 4.29. The molecule has 1 amide bonds. The highest BCUT2D eigenvalue weighted by atomic mass is 35.5. The molecule has 1 aliphatic rings. The highest BCUT2D eigenvalue weighted by molar-refractivity contribution is 6.30. The summed E-state index contributed by atoms with van der Waals surface area (Å²) in [5.74, 6) is -0.240. The topological polar surface area (TPSA) is 32.3 Å². The standard InChI is InChI=1S/C19H20ClFN2O/c20-16-4-1-5-18(11-16)22-19(24)15-3-2-10-23(13-15)12-14-6-8-17(21)9-7-14/h1,4-9,11,15H,2-3,10,12-13H2,(H,22,24)/t15-/m1/s1. The molecule has 0 aromatic heterocycles. The number of piperidine rings is 1. The molecule has 1 aliphatic heterocycles. The minimum atomic E-state index is -0.226. The Balaban J connectivity index is 1.58. The van der Waals surface area contributed by atoms with E-state index in [9.17, 15) is 9.18 Å². The number of hydrogen-bond acceptors (Lipinski definition) is 2. The number of likely N-dealkylation sites (tertiary alicyclic amines) is 1. The van der Waals surface area contributed by atoms with Gasteiger partial charge in [0, 0.05) is 23.8 Å². The van der Waals surface area contributed by atoms with Gasteiger partial charge in [0.15, 0.2) is 0 Å². The Morgan fingerprint density at radius 1 is 1.25 bits per heavy atom. The minimum absolute atomic E-state index is 0.0288. The number of amides is 1. The van der Waals surface area contributed by atoms with E-state index in [0.717, 1.165) is 37.2 Å². The Morgan fingerprint density at radius 3 is 2.79 bits per heavy atom. The Kier molecular flexibility index (Phi) is 5.48. The summed E-state index contributed by atoms with van der Waals surface area (Å²) in [6, 6.07) is 13.7. The third kappa shape index (κ3) is 4.56. The van der Waals surface area contributed by atoms with Gasteiger partial charge in [0.2, 0.25) is 5.91 Å². The van der Waals surface area contributed by atoms with Crippen LogP contribution in [0.25, 0.3) is 0 Å². The maximum atomic E-state index is 13.0. The van der Waals surface area contributed by atoms with Crippen LogP contribution in [0.15, 0.2) is 48.5 Å². The van der Waals surface area contributed by atoms with Gasteiger partial charge < -0.3 is 5.32 Å². The molecule has 3 rings (SSSR count). The van der Waals surface area contributed by atoms with Crippen LogP contribution < -0.4 is 5.32 Å². The molecule has 0 saturated carbocycles. The number of nitrogens with zero attached hydrogens (tertiary/aromatic N) is 1. The highest BCUT2D eigenvalue weighted by Gasteiger charge is 2.25. The van der Waals surface area contributed by atoms with Crippen LogP contribution in [0.4, 0.5) is 10.1 Å². The number of halogens is 2. The summed E-state index contributed by atoms with van der Waals surface area (Å²) in [6.45, 7) is 2.41. The molecule has 2 aromatic carbocycles. The molecule has 0 radical (unpaired) electrons. The number of hydrogen-bond donors (Lipinski definition) is 1. The molecule has 0 aliphatic carbocycles. The second-order valence-corrected chi connectivity index (χ2v) is 6.64. The van der Waals surface area contributed by atoms with Crippen molar-refractivity contribution in [3.05, 3.63) is 64.9 Å². The van der Waals surface area contributed by atoms with Gasteiger partial charge >= 0.3 is 0 Å². The SMILES string of the molecule is O=C(Nc1cccc(Cl)c1)[C@@H]1CCCN(Cc2ccc(F)cc2)C1. The van der Waals surface area contributed by atoms with Crippen LogP contribution in [0.3, 0.4) is 0 Å². The van der Waals surface area contributed by atoms with Crippen molar-refractivity contribution in [2.75, 3.05) is 18.4 Å². The molecule has 3 nitrogen and oxygen atoms in total. The number of carbonyl (C=O) groups is 1. The zero-order chi connectivity index (χ0) is 16.9. The summed E-state index contributed by atoms with van der Waals surface area (Å²) in [6.07, 6.45) is 1.86. The van der Waals surface area contributed by atoms with E-state index >= 15 is 0 Å². The molecule has 24 heavy (non-hydrogen) atoms. The summed E-state index contributed by atoms with van der Waals surface area (Å²) < 4.78 is 13.0. The average molecular weight is 347 g/mol. The van der Waals surface area contributed by atoms with Crippen molar-refractivity contribution in [1.82, 2.24) is 4.90 Å². The van der Waals surface area contributed by atoms with Gasteiger partial charge in [-0.25, -0.2) is 4.39 Å². The molecule has 1 N–H and O–H groups in total. The van der Waals surface area contributed by atoms with Gasteiger partial charge in [-0.15, -0.1) is 0 Å². The maximum Gasteiger partial charge on any atom is 0.228 e. The fourth-order valence-corrected chi connectivity index (χ4v) is 3.26. The van der Waals surface area contributed by atoms with E-state index in [1.807, 2.05) is 12.1 Å². The number of anilines is 1. The van der Waals surface area contributed by atoms with Crippen LogP contribution in [-0.2, 0) is 11.3 Å². The van der Waals surface area contributed by atoms with E-state index in [1.54, 1.807) is 24.3 Å². The molecule has 126 valence electrons. The van der Waals surface area contributed by atoms with Gasteiger partial charge in [0.1, 0.15) is 5.82 Å². The molecule has 0 unspecified atom stereocenters. The predicted octanol–water partition coefficient (Wildman–Crippen LogP) is 4.33.